The SMILES string of the molecule is COCC(=O)N1CCN(c2cnc(C)c(C(=O)Nc3ccccn3)n2)CC1. The number of aryl methyl sites for hydroxylation is 1. The summed E-state index contributed by atoms with van der Waals surface area (Å²) in [4.78, 5) is 41.1. The highest BCUT2D eigenvalue weighted by Gasteiger charge is 2.23. The third-order valence-corrected chi connectivity index (χ3v) is 4.29. The van der Waals surface area contributed by atoms with Crippen LogP contribution in [0.5, 0.6) is 0 Å². The lowest BCUT2D eigenvalue weighted by molar-refractivity contribution is -0.135. The summed E-state index contributed by atoms with van der Waals surface area (Å²) in [7, 11) is 1.51. The molecular formula is C18H22N6O3. The van der Waals surface area contributed by atoms with E-state index in [4.69, 9.17) is 4.74 Å². The zero-order valence-corrected chi connectivity index (χ0v) is 15.4. The first-order chi connectivity index (χ1) is 13.1. The molecule has 9 nitrogen and oxygen atoms in total. The number of methoxy groups -OCH3 is 1. The van der Waals surface area contributed by atoms with Crippen molar-refractivity contribution in [1.82, 2.24) is 19.9 Å². The molecule has 142 valence electrons. The molecule has 0 saturated carbocycles. The molecule has 0 radical (unpaired) electrons. The van der Waals surface area contributed by atoms with Crippen LogP contribution < -0.4 is 10.2 Å². The highest BCUT2D eigenvalue weighted by molar-refractivity contribution is 6.03. The summed E-state index contributed by atoms with van der Waals surface area (Å²) in [6, 6.07) is 5.28. The first kappa shape index (κ1) is 18.7. The molecule has 0 atom stereocenters. The quantitative estimate of drug-likeness (QED) is 0.828. The lowest BCUT2D eigenvalue weighted by Gasteiger charge is -2.35. The standard InChI is InChI=1S/C18H22N6O3/c1-13-17(18(26)21-14-5-3-4-6-19-14)22-15(11-20-13)23-7-9-24(10-8-23)16(25)12-27-2/h3-6,11H,7-10,12H2,1-2H3,(H,19,21,26). The van der Waals surface area contributed by atoms with E-state index in [0.717, 1.165) is 0 Å². The first-order valence-corrected chi connectivity index (χ1v) is 8.66. The number of piperazine rings is 1. The van der Waals surface area contributed by atoms with Gasteiger partial charge in [-0.3, -0.25) is 14.6 Å². The van der Waals surface area contributed by atoms with Crippen LogP contribution in [0.3, 0.4) is 0 Å². The van der Waals surface area contributed by atoms with E-state index in [1.807, 2.05) is 4.90 Å². The number of carbonyl (C=O) groups excluding carboxylic acids is 2. The van der Waals surface area contributed by atoms with Crippen molar-refractivity contribution >= 4 is 23.5 Å². The van der Waals surface area contributed by atoms with Crippen molar-refractivity contribution in [1.29, 1.82) is 0 Å². The van der Waals surface area contributed by atoms with E-state index in [2.05, 4.69) is 20.3 Å². The van der Waals surface area contributed by atoms with Crippen molar-refractivity contribution in [3.05, 3.63) is 42.0 Å². The Balaban J connectivity index is 1.69. The minimum atomic E-state index is -0.352. The number of hydrogen-bond acceptors (Lipinski definition) is 7. The van der Waals surface area contributed by atoms with Crippen molar-refractivity contribution in [2.75, 3.05) is 50.1 Å². The Morgan fingerprint density at radius 3 is 2.63 bits per heavy atom. The van der Waals surface area contributed by atoms with Crippen LogP contribution in [0.4, 0.5) is 11.6 Å². The smallest absolute Gasteiger partial charge is 0.277 e. The fraction of sp³-hybridized carbons (Fsp3) is 0.389. The molecule has 1 saturated heterocycles. The molecule has 1 fully saturated rings. The van der Waals surface area contributed by atoms with Crippen LogP contribution in [0.1, 0.15) is 16.2 Å². The van der Waals surface area contributed by atoms with Gasteiger partial charge in [0.1, 0.15) is 18.2 Å². The Labute approximate surface area is 157 Å². The summed E-state index contributed by atoms with van der Waals surface area (Å²) in [5.41, 5.74) is 0.803. The molecule has 0 spiro atoms. The molecule has 27 heavy (non-hydrogen) atoms. The van der Waals surface area contributed by atoms with Crippen LogP contribution in [0.25, 0.3) is 0 Å². The highest BCUT2D eigenvalue weighted by Crippen LogP contribution is 2.16. The largest absolute Gasteiger partial charge is 0.375 e. The van der Waals surface area contributed by atoms with Gasteiger partial charge in [0, 0.05) is 39.5 Å². The van der Waals surface area contributed by atoms with Gasteiger partial charge in [-0.05, 0) is 19.1 Å². The second-order valence-corrected chi connectivity index (χ2v) is 6.13. The number of aromatic nitrogens is 3. The van der Waals surface area contributed by atoms with Gasteiger partial charge in [0.2, 0.25) is 5.91 Å². The minimum absolute atomic E-state index is 0.0254. The number of amides is 2. The molecule has 0 unspecified atom stereocenters. The number of nitrogens with one attached hydrogen (secondary N) is 1. The van der Waals surface area contributed by atoms with Crippen molar-refractivity contribution in [2.24, 2.45) is 0 Å². The Kier molecular flexibility index (Phi) is 5.92. The molecule has 2 amide bonds. The van der Waals surface area contributed by atoms with E-state index in [1.165, 1.54) is 7.11 Å². The molecule has 1 N–H and O–H groups in total. The van der Waals surface area contributed by atoms with Gasteiger partial charge in [0.05, 0.1) is 11.9 Å². The van der Waals surface area contributed by atoms with E-state index in [0.29, 0.717) is 43.5 Å². The number of rotatable bonds is 5. The molecule has 0 bridgehead atoms. The van der Waals surface area contributed by atoms with E-state index < -0.39 is 0 Å². The van der Waals surface area contributed by atoms with Gasteiger partial charge < -0.3 is 19.9 Å². The topological polar surface area (TPSA) is 101 Å². The predicted octanol–water partition coefficient (Wildman–Crippen LogP) is 0.727. The second kappa shape index (κ2) is 8.54. The lowest BCUT2D eigenvalue weighted by Crippen LogP contribution is -2.50. The van der Waals surface area contributed by atoms with E-state index in [1.54, 1.807) is 42.4 Å². The number of pyridine rings is 1. The number of anilines is 2. The Bertz CT molecular complexity index is 806. The zero-order chi connectivity index (χ0) is 19.2. The normalized spacial score (nSPS) is 14.1. The van der Waals surface area contributed by atoms with Crippen LogP contribution in [-0.4, -0.2) is 71.6 Å². The van der Waals surface area contributed by atoms with Crippen LogP contribution >= 0.6 is 0 Å². The van der Waals surface area contributed by atoms with Crippen molar-refractivity contribution in [3.8, 4) is 0 Å². The molecule has 0 aromatic carbocycles. The van der Waals surface area contributed by atoms with Crippen molar-refractivity contribution in [2.45, 2.75) is 6.92 Å². The highest BCUT2D eigenvalue weighted by atomic mass is 16.5. The summed E-state index contributed by atoms with van der Waals surface area (Å²) >= 11 is 0. The van der Waals surface area contributed by atoms with E-state index in [-0.39, 0.29) is 24.1 Å². The average molecular weight is 370 g/mol. The van der Waals surface area contributed by atoms with E-state index >= 15 is 0 Å². The summed E-state index contributed by atoms with van der Waals surface area (Å²) in [5, 5.41) is 2.73. The molecule has 0 aliphatic carbocycles. The average Bonchev–Trinajstić information content (AvgIpc) is 2.69. The van der Waals surface area contributed by atoms with Gasteiger partial charge in [-0.15, -0.1) is 0 Å². The zero-order valence-electron chi connectivity index (χ0n) is 15.4. The molecule has 2 aromatic heterocycles. The second-order valence-electron chi connectivity index (χ2n) is 6.13. The summed E-state index contributed by atoms with van der Waals surface area (Å²) in [6.07, 6.45) is 3.26. The summed E-state index contributed by atoms with van der Waals surface area (Å²) in [5.74, 6) is 0.696. The van der Waals surface area contributed by atoms with Crippen LogP contribution in [-0.2, 0) is 9.53 Å². The first-order valence-electron chi connectivity index (χ1n) is 8.66. The van der Waals surface area contributed by atoms with Gasteiger partial charge in [-0.25, -0.2) is 9.97 Å². The lowest BCUT2D eigenvalue weighted by atomic mass is 10.2. The molecule has 1 aliphatic heterocycles. The predicted molar refractivity (Wildman–Crippen MR) is 99.6 cm³/mol. The third kappa shape index (κ3) is 4.56. The Morgan fingerprint density at radius 2 is 1.96 bits per heavy atom. The maximum atomic E-state index is 12.5. The van der Waals surface area contributed by atoms with Crippen molar-refractivity contribution in [3.63, 3.8) is 0 Å². The Hall–Kier alpha value is -3.07. The molecule has 3 rings (SSSR count). The van der Waals surface area contributed by atoms with Gasteiger partial charge >= 0.3 is 0 Å². The van der Waals surface area contributed by atoms with E-state index in [9.17, 15) is 9.59 Å². The van der Waals surface area contributed by atoms with Crippen molar-refractivity contribution < 1.29 is 14.3 Å². The van der Waals surface area contributed by atoms with Gasteiger partial charge in [0.15, 0.2) is 5.69 Å². The van der Waals surface area contributed by atoms with Crippen LogP contribution in [0.15, 0.2) is 30.6 Å². The maximum Gasteiger partial charge on any atom is 0.277 e. The number of carbonyl (C=O) groups is 2. The third-order valence-electron chi connectivity index (χ3n) is 4.29. The van der Waals surface area contributed by atoms with Gasteiger partial charge in [-0.2, -0.15) is 0 Å². The van der Waals surface area contributed by atoms with Crippen LogP contribution in [0, 0.1) is 6.92 Å². The number of nitrogens with zero attached hydrogens (tertiary/aromatic N) is 5. The Morgan fingerprint density at radius 1 is 1.19 bits per heavy atom. The van der Waals surface area contributed by atoms with Crippen LogP contribution in [0.2, 0.25) is 0 Å². The maximum absolute atomic E-state index is 12.5. The number of ether oxygens (including phenoxy) is 1. The molecule has 2 aromatic rings. The van der Waals surface area contributed by atoms with Gasteiger partial charge in [-0.1, -0.05) is 6.07 Å². The monoisotopic (exact) mass is 370 g/mol. The fourth-order valence-electron chi connectivity index (χ4n) is 2.82. The fourth-order valence-corrected chi connectivity index (χ4v) is 2.82. The molecule has 3 heterocycles. The summed E-state index contributed by atoms with van der Waals surface area (Å²) < 4.78 is 4.90. The molecule has 9 heteroatoms. The van der Waals surface area contributed by atoms with Gasteiger partial charge in [0.25, 0.3) is 5.91 Å². The molecular weight excluding hydrogens is 348 g/mol. The minimum Gasteiger partial charge on any atom is -0.375 e. The molecule has 1 aliphatic rings. The summed E-state index contributed by atoms with van der Waals surface area (Å²) in [6.45, 7) is 4.22. The number of hydrogen-bond donors (Lipinski definition) is 1.